The fourth-order valence-corrected chi connectivity index (χ4v) is 5.47. The van der Waals surface area contributed by atoms with Gasteiger partial charge in [-0.05, 0) is 44.9 Å². The summed E-state index contributed by atoms with van der Waals surface area (Å²) in [6.45, 7) is 5.27. The molecule has 170 valence electrons. The summed E-state index contributed by atoms with van der Waals surface area (Å²) in [7, 11) is -4.19. The van der Waals surface area contributed by atoms with Gasteiger partial charge in [0.25, 0.3) is 0 Å². The zero-order valence-electron chi connectivity index (χ0n) is 18.4. The van der Waals surface area contributed by atoms with Crippen molar-refractivity contribution < 1.29 is 27.5 Å². The van der Waals surface area contributed by atoms with Crippen molar-refractivity contribution in [3.8, 4) is 0 Å². The fraction of sp³-hybridized carbons (Fsp3) is 0.333. The van der Waals surface area contributed by atoms with Gasteiger partial charge in [0.05, 0.1) is 29.7 Å². The third-order valence-corrected chi connectivity index (χ3v) is 7.11. The van der Waals surface area contributed by atoms with Crippen LogP contribution >= 0.6 is 0 Å². The monoisotopic (exact) mass is 457 g/mol. The minimum absolute atomic E-state index is 0.0310. The standard InChI is InChI=1S/C24H27NO6S/c1-4-30-23(26)20-15-16-21(18-9-7-6-8-10-18)25(22(20)24(27)31-5-2)32(28,29)19-13-11-17(3)12-14-19/h6-15,21-22H,4-5,16H2,1-3H3/t21-,22+/m1/s1. The molecule has 0 saturated heterocycles. The normalized spacial score (nSPS) is 19.2. The number of benzene rings is 2. The lowest BCUT2D eigenvalue weighted by atomic mass is 9.93. The maximum absolute atomic E-state index is 13.9. The SMILES string of the molecule is CCOC(=O)C1=CC[C@H](c2ccccc2)N(S(=O)(=O)c2ccc(C)cc2)[C@@H]1C(=O)OCC. The molecular weight excluding hydrogens is 430 g/mol. The summed E-state index contributed by atoms with van der Waals surface area (Å²) in [5, 5.41) is 0. The zero-order valence-corrected chi connectivity index (χ0v) is 19.2. The number of esters is 2. The molecule has 0 unspecified atom stereocenters. The van der Waals surface area contributed by atoms with E-state index in [-0.39, 0.29) is 30.1 Å². The van der Waals surface area contributed by atoms with Gasteiger partial charge in [0, 0.05) is 0 Å². The lowest BCUT2D eigenvalue weighted by molar-refractivity contribution is -0.150. The predicted octanol–water partition coefficient (Wildman–Crippen LogP) is 3.55. The van der Waals surface area contributed by atoms with Crippen LogP contribution in [-0.4, -0.2) is 43.9 Å². The lowest BCUT2D eigenvalue weighted by Gasteiger charge is -2.39. The molecule has 0 fully saturated rings. The smallest absolute Gasteiger partial charge is 0.335 e. The first kappa shape index (κ1) is 23.7. The quantitative estimate of drug-likeness (QED) is 0.591. The number of carbonyl (C=O) groups excluding carboxylic acids is 2. The van der Waals surface area contributed by atoms with Crippen molar-refractivity contribution in [2.24, 2.45) is 0 Å². The van der Waals surface area contributed by atoms with Crippen LogP contribution in [0, 0.1) is 6.92 Å². The van der Waals surface area contributed by atoms with E-state index in [0.717, 1.165) is 9.87 Å². The van der Waals surface area contributed by atoms with E-state index in [9.17, 15) is 18.0 Å². The molecule has 0 spiro atoms. The third-order valence-electron chi connectivity index (χ3n) is 5.22. The maximum atomic E-state index is 13.9. The first-order valence-electron chi connectivity index (χ1n) is 10.5. The molecule has 0 bridgehead atoms. The summed E-state index contributed by atoms with van der Waals surface area (Å²) in [6, 6.07) is 13.2. The highest BCUT2D eigenvalue weighted by atomic mass is 32.2. The van der Waals surface area contributed by atoms with Crippen LogP contribution in [0.4, 0.5) is 0 Å². The summed E-state index contributed by atoms with van der Waals surface area (Å²) in [5.41, 5.74) is 1.57. The van der Waals surface area contributed by atoms with Gasteiger partial charge in [0.1, 0.15) is 0 Å². The summed E-state index contributed by atoms with van der Waals surface area (Å²) in [4.78, 5) is 25.8. The summed E-state index contributed by atoms with van der Waals surface area (Å²) in [5.74, 6) is -1.55. The topological polar surface area (TPSA) is 90.0 Å². The van der Waals surface area contributed by atoms with Gasteiger partial charge in [0.2, 0.25) is 10.0 Å². The highest BCUT2D eigenvalue weighted by Crippen LogP contribution is 2.39. The minimum atomic E-state index is -4.19. The zero-order chi connectivity index (χ0) is 23.3. The molecular formula is C24H27NO6S. The molecule has 0 aliphatic carbocycles. The number of ether oxygens (including phenoxy) is 2. The van der Waals surface area contributed by atoms with E-state index in [2.05, 4.69) is 0 Å². The van der Waals surface area contributed by atoms with Gasteiger partial charge in [-0.15, -0.1) is 0 Å². The molecule has 0 radical (unpaired) electrons. The van der Waals surface area contributed by atoms with Gasteiger partial charge in [-0.3, -0.25) is 0 Å². The molecule has 2 atom stereocenters. The second-order valence-corrected chi connectivity index (χ2v) is 9.19. The first-order valence-corrected chi connectivity index (χ1v) is 11.9. The Morgan fingerprint density at radius 2 is 1.59 bits per heavy atom. The molecule has 1 aliphatic rings. The molecule has 0 N–H and O–H groups in total. The summed E-state index contributed by atoms with van der Waals surface area (Å²) in [6.07, 6.45) is 1.79. The van der Waals surface area contributed by atoms with E-state index in [1.807, 2.05) is 13.0 Å². The molecule has 1 aliphatic heterocycles. The number of nitrogens with zero attached hydrogens (tertiary/aromatic N) is 1. The van der Waals surface area contributed by atoms with Gasteiger partial charge >= 0.3 is 11.9 Å². The van der Waals surface area contributed by atoms with Crippen molar-refractivity contribution >= 4 is 22.0 Å². The largest absolute Gasteiger partial charge is 0.465 e. The van der Waals surface area contributed by atoms with Crippen LogP contribution in [0.2, 0.25) is 0 Å². The average molecular weight is 458 g/mol. The van der Waals surface area contributed by atoms with Crippen molar-refractivity contribution in [3.05, 3.63) is 77.4 Å². The van der Waals surface area contributed by atoms with Crippen LogP contribution in [0.3, 0.4) is 0 Å². The van der Waals surface area contributed by atoms with Crippen molar-refractivity contribution in [2.75, 3.05) is 13.2 Å². The van der Waals surface area contributed by atoms with E-state index in [1.54, 1.807) is 56.3 Å². The predicted molar refractivity (Wildman–Crippen MR) is 119 cm³/mol. The molecule has 32 heavy (non-hydrogen) atoms. The number of sulfonamides is 1. The molecule has 8 heteroatoms. The molecule has 2 aromatic carbocycles. The Balaban J connectivity index is 2.22. The number of rotatable bonds is 7. The highest BCUT2D eigenvalue weighted by molar-refractivity contribution is 7.89. The highest BCUT2D eigenvalue weighted by Gasteiger charge is 2.48. The Morgan fingerprint density at radius 1 is 0.969 bits per heavy atom. The summed E-state index contributed by atoms with van der Waals surface area (Å²) >= 11 is 0. The van der Waals surface area contributed by atoms with Crippen molar-refractivity contribution in [3.63, 3.8) is 0 Å². The molecule has 0 amide bonds. The van der Waals surface area contributed by atoms with Gasteiger partial charge in [0.15, 0.2) is 6.04 Å². The van der Waals surface area contributed by atoms with Crippen molar-refractivity contribution in [2.45, 2.75) is 44.2 Å². The first-order chi connectivity index (χ1) is 15.3. The van der Waals surface area contributed by atoms with E-state index in [4.69, 9.17) is 9.47 Å². The Morgan fingerprint density at radius 3 is 2.19 bits per heavy atom. The van der Waals surface area contributed by atoms with Crippen molar-refractivity contribution in [1.82, 2.24) is 4.31 Å². The Hall–Kier alpha value is -2.97. The van der Waals surface area contributed by atoms with Crippen LogP contribution in [0.25, 0.3) is 0 Å². The van der Waals surface area contributed by atoms with E-state index < -0.39 is 34.0 Å². The fourth-order valence-electron chi connectivity index (χ4n) is 3.73. The van der Waals surface area contributed by atoms with Crippen LogP contribution < -0.4 is 0 Å². The van der Waals surface area contributed by atoms with Gasteiger partial charge in [-0.25, -0.2) is 18.0 Å². The van der Waals surface area contributed by atoms with Gasteiger partial charge in [-0.2, -0.15) is 4.31 Å². The van der Waals surface area contributed by atoms with Crippen LogP contribution in [-0.2, 0) is 29.1 Å². The average Bonchev–Trinajstić information content (AvgIpc) is 2.79. The second kappa shape index (κ2) is 10.1. The van der Waals surface area contributed by atoms with Crippen molar-refractivity contribution in [1.29, 1.82) is 0 Å². The number of carbonyl (C=O) groups is 2. The van der Waals surface area contributed by atoms with E-state index >= 15 is 0 Å². The second-order valence-electron chi connectivity index (χ2n) is 7.34. The number of hydrogen-bond donors (Lipinski definition) is 0. The third kappa shape index (κ3) is 4.76. The van der Waals surface area contributed by atoms with Crippen LogP contribution in [0.1, 0.15) is 37.4 Å². The van der Waals surface area contributed by atoms with Crippen LogP contribution in [0.15, 0.2) is 71.1 Å². The molecule has 3 rings (SSSR count). The maximum Gasteiger partial charge on any atom is 0.335 e. The molecule has 1 heterocycles. The van der Waals surface area contributed by atoms with Gasteiger partial charge < -0.3 is 9.47 Å². The number of aryl methyl sites for hydroxylation is 1. The molecule has 2 aromatic rings. The van der Waals surface area contributed by atoms with E-state index in [1.165, 1.54) is 12.1 Å². The number of hydrogen-bond acceptors (Lipinski definition) is 6. The minimum Gasteiger partial charge on any atom is -0.465 e. The van der Waals surface area contributed by atoms with Crippen LogP contribution in [0.5, 0.6) is 0 Å². The lowest BCUT2D eigenvalue weighted by Crippen LogP contribution is -2.52. The molecule has 0 aromatic heterocycles. The van der Waals surface area contributed by atoms with E-state index in [0.29, 0.717) is 5.56 Å². The Bertz CT molecular complexity index is 1090. The Kier molecular flexibility index (Phi) is 7.48. The Labute approximate surface area is 188 Å². The van der Waals surface area contributed by atoms with Gasteiger partial charge in [-0.1, -0.05) is 54.1 Å². The molecule has 7 nitrogen and oxygen atoms in total. The molecule has 0 saturated carbocycles. The summed E-state index contributed by atoms with van der Waals surface area (Å²) < 4.78 is 39.2.